The summed E-state index contributed by atoms with van der Waals surface area (Å²) >= 11 is 0. The maximum Gasteiger partial charge on any atom is 0.332 e. The van der Waals surface area contributed by atoms with E-state index in [0.717, 1.165) is 19.6 Å². The molecule has 0 aliphatic carbocycles. The minimum absolute atomic E-state index is 0.521. The second kappa shape index (κ2) is 5.19. The molecular formula is C9H17NO3. The Morgan fingerprint density at radius 1 is 1.54 bits per heavy atom. The molecule has 13 heavy (non-hydrogen) atoms. The monoisotopic (exact) mass is 187 g/mol. The molecule has 1 aliphatic rings. The second-order valence-electron chi connectivity index (χ2n) is 3.40. The van der Waals surface area contributed by atoms with Crippen molar-refractivity contribution in [3.8, 4) is 0 Å². The van der Waals surface area contributed by atoms with E-state index in [1.807, 2.05) is 0 Å². The quantitative estimate of drug-likeness (QED) is 0.683. The summed E-state index contributed by atoms with van der Waals surface area (Å²) in [5.74, 6) is -0.888. The van der Waals surface area contributed by atoms with Gasteiger partial charge in [-0.05, 0) is 32.9 Å². The first kappa shape index (κ1) is 10.5. The number of ether oxygens (including phenoxy) is 1. The molecular weight excluding hydrogens is 170 g/mol. The fourth-order valence-electron chi connectivity index (χ4n) is 1.44. The summed E-state index contributed by atoms with van der Waals surface area (Å²) in [6, 6.07) is 0. The van der Waals surface area contributed by atoms with Crippen molar-refractivity contribution in [2.75, 3.05) is 26.2 Å². The van der Waals surface area contributed by atoms with Crippen molar-refractivity contribution in [3.05, 3.63) is 0 Å². The van der Waals surface area contributed by atoms with Crippen LogP contribution in [0.5, 0.6) is 0 Å². The number of carbonyl (C=O) groups is 1. The second-order valence-corrected chi connectivity index (χ2v) is 3.40. The Kier molecular flexibility index (Phi) is 4.18. The summed E-state index contributed by atoms with van der Waals surface area (Å²) < 4.78 is 5.12. The first-order valence-corrected chi connectivity index (χ1v) is 4.77. The maximum atomic E-state index is 10.4. The molecule has 1 atom stereocenters. The van der Waals surface area contributed by atoms with Crippen LogP contribution in [0.3, 0.4) is 0 Å². The number of likely N-dealkylation sites (tertiary alicyclic amines) is 1. The van der Waals surface area contributed by atoms with Gasteiger partial charge in [-0.25, -0.2) is 4.79 Å². The SMILES string of the molecule is CC(OCCN1CCCC1)C(=O)O. The molecule has 0 spiro atoms. The fourth-order valence-corrected chi connectivity index (χ4v) is 1.44. The molecule has 1 unspecified atom stereocenters. The summed E-state index contributed by atoms with van der Waals surface area (Å²) in [5.41, 5.74) is 0. The Morgan fingerprint density at radius 2 is 2.15 bits per heavy atom. The molecule has 4 nitrogen and oxygen atoms in total. The van der Waals surface area contributed by atoms with Gasteiger partial charge in [0, 0.05) is 6.54 Å². The largest absolute Gasteiger partial charge is 0.479 e. The van der Waals surface area contributed by atoms with Crippen LogP contribution in [0.15, 0.2) is 0 Å². The molecule has 0 radical (unpaired) electrons. The molecule has 76 valence electrons. The molecule has 1 rings (SSSR count). The third-order valence-corrected chi connectivity index (χ3v) is 2.32. The Bertz CT molecular complexity index is 166. The third kappa shape index (κ3) is 3.74. The van der Waals surface area contributed by atoms with E-state index in [9.17, 15) is 4.79 Å². The van der Waals surface area contributed by atoms with Crippen molar-refractivity contribution >= 4 is 5.97 Å². The zero-order chi connectivity index (χ0) is 9.68. The summed E-state index contributed by atoms with van der Waals surface area (Å²) in [6.07, 6.45) is 1.84. The Morgan fingerprint density at radius 3 is 2.69 bits per heavy atom. The lowest BCUT2D eigenvalue weighted by molar-refractivity contribution is -0.149. The zero-order valence-corrected chi connectivity index (χ0v) is 8.03. The summed E-state index contributed by atoms with van der Waals surface area (Å²) in [4.78, 5) is 12.7. The molecule has 4 heteroatoms. The number of rotatable bonds is 5. The topological polar surface area (TPSA) is 49.8 Å². The van der Waals surface area contributed by atoms with Crippen LogP contribution in [0.25, 0.3) is 0 Å². The van der Waals surface area contributed by atoms with E-state index in [1.54, 1.807) is 6.92 Å². The molecule has 0 aromatic heterocycles. The number of aliphatic carboxylic acids is 1. The van der Waals surface area contributed by atoms with E-state index in [2.05, 4.69) is 4.90 Å². The number of hydrogen-bond donors (Lipinski definition) is 1. The van der Waals surface area contributed by atoms with Crippen LogP contribution in [0.2, 0.25) is 0 Å². The van der Waals surface area contributed by atoms with Gasteiger partial charge in [0.05, 0.1) is 6.61 Å². The molecule has 1 aliphatic heterocycles. The molecule has 1 saturated heterocycles. The molecule has 1 fully saturated rings. The van der Waals surface area contributed by atoms with Gasteiger partial charge in [-0.3, -0.25) is 0 Å². The van der Waals surface area contributed by atoms with Gasteiger partial charge < -0.3 is 14.7 Å². The van der Waals surface area contributed by atoms with E-state index in [0.29, 0.717) is 6.61 Å². The van der Waals surface area contributed by atoms with Gasteiger partial charge in [0.2, 0.25) is 0 Å². The van der Waals surface area contributed by atoms with Gasteiger partial charge in [-0.15, -0.1) is 0 Å². The molecule has 0 saturated carbocycles. The van der Waals surface area contributed by atoms with Gasteiger partial charge in [0.15, 0.2) is 6.10 Å². The van der Waals surface area contributed by atoms with Gasteiger partial charge in [-0.2, -0.15) is 0 Å². The van der Waals surface area contributed by atoms with Crippen molar-refractivity contribution in [1.82, 2.24) is 4.90 Å². The zero-order valence-electron chi connectivity index (χ0n) is 8.03. The smallest absolute Gasteiger partial charge is 0.332 e. The first-order valence-electron chi connectivity index (χ1n) is 4.77. The summed E-state index contributed by atoms with van der Waals surface area (Å²) in [6.45, 7) is 5.20. The average molecular weight is 187 g/mol. The highest BCUT2D eigenvalue weighted by Gasteiger charge is 2.13. The normalized spacial score (nSPS) is 20.4. The van der Waals surface area contributed by atoms with Crippen molar-refractivity contribution in [1.29, 1.82) is 0 Å². The number of carboxylic acid groups (broad SMARTS) is 1. The van der Waals surface area contributed by atoms with Crippen molar-refractivity contribution in [2.45, 2.75) is 25.9 Å². The minimum atomic E-state index is -0.888. The van der Waals surface area contributed by atoms with Gasteiger partial charge in [0.1, 0.15) is 0 Å². The number of carboxylic acids is 1. The van der Waals surface area contributed by atoms with E-state index in [4.69, 9.17) is 9.84 Å². The molecule has 1 heterocycles. The third-order valence-electron chi connectivity index (χ3n) is 2.32. The molecule has 1 N–H and O–H groups in total. The van der Waals surface area contributed by atoms with E-state index < -0.39 is 12.1 Å². The Balaban J connectivity index is 2.02. The van der Waals surface area contributed by atoms with Crippen LogP contribution in [-0.4, -0.2) is 48.3 Å². The van der Waals surface area contributed by atoms with Crippen molar-refractivity contribution < 1.29 is 14.6 Å². The first-order chi connectivity index (χ1) is 6.20. The predicted molar refractivity (Wildman–Crippen MR) is 48.7 cm³/mol. The van der Waals surface area contributed by atoms with Crippen LogP contribution in [0.4, 0.5) is 0 Å². The maximum absolute atomic E-state index is 10.4. The van der Waals surface area contributed by atoms with Crippen LogP contribution < -0.4 is 0 Å². The average Bonchev–Trinajstić information content (AvgIpc) is 2.56. The Labute approximate surface area is 78.5 Å². The molecule has 0 amide bonds. The Hall–Kier alpha value is -0.610. The predicted octanol–water partition coefficient (Wildman–Crippen LogP) is 0.572. The van der Waals surface area contributed by atoms with Crippen LogP contribution in [0.1, 0.15) is 19.8 Å². The lowest BCUT2D eigenvalue weighted by Crippen LogP contribution is -2.28. The van der Waals surface area contributed by atoms with E-state index in [-0.39, 0.29) is 0 Å². The summed E-state index contributed by atoms with van der Waals surface area (Å²) in [7, 11) is 0. The van der Waals surface area contributed by atoms with Crippen molar-refractivity contribution in [3.63, 3.8) is 0 Å². The van der Waals surface area contributed by atoms with Crippen LogP contribution in [-0.2, 0) is 9.53 Å². The number of hydrogen-bond acceptors (Lipinski definition) is 3. The van der Waals surface area contributed by atoms with Gasteiger partial charge >= 0.3 is 5.97 Å². The van der Waals surface area contributed by atoms with Crippen LogP contribution in [0, 0.1) is 0 Å². The van der Waals surface area contributed by atoms with E-state index in [1.165, 1.54) is 12.8 Å². The highest BCUT2D eigenvalue weighted by molar-refractivity contribution is 5.71. The molecule has 0 aromatic rings. The van der Waals surface area contributed by atoms with Crippen molar-refractivity contribution in [2.24, 2.45) is 0 Å². The standard InChI is InChI=1S/C9H17NO3/c1-8(9(11)12)13-7-6-10-4-2-3-5-10/h8H,2-7H2,1H3,(H,11,12). The van der Waals surface area contributed by atoms with Crippen LogP contribution >= 0.6 is 0 Å². The highest BCUT2D eigenvalue weighted by atomic mass is 16.5. The highest BCUT2D eigenvalue weighted by Crippen LogP contribution is 2.06. The fraction of sp³-hybridized carbons (Fsp3) is 0.889. The molecule has 0 bridgehead atoms. The minimum Gasteiger partial charge on any atom is -0.479 e. The summed E-state index contributed by atoms with van der Waals surface area (Å²) in [5, 5.41) is 8.54. The van der Waals surface area contributed by atoms with Gasteiger partial charge in [0.25, 0.3) is 0 Å². The lowest BCUT2D eigenvalue weighted by Gasteiger charge is -2.15. The lowest BCUT2D eigenvalue weighted by atomic mass is 10.4. The van der Waals surface area contributed by atoms with Gasteiger partial charge in [-0.1, -0.05) is 0 Å². The molecule has 0 aromatic carbocycles. The number of nitrogens with zero attached hydrogens (tertiary/aromatic N) is 1. The van der Waals surface area contributed by atoms with E-state index >= 15 is 0 Å².